The van der Waals surface area contributed by atoms with Crippen molar-refractivity contribution in [2.45, 2.75) is 31.2 Å². The lowest BCUT2D eigenvalue weighted by atomic mass is 9.82. The molecule has 1 fully saturated rings. The van der Waals surface area contributed by atoms with E-state index in [4.69, 9.17) is 0 Å². The highest BCUT2D eigenvalue weighted by Gasteiger charge is 2.35. The van der Waals surface area contributed by atoms with Crippen molar-refractivity contribution < 1.29 is 0 Å². The molecule has 0 aromatic heterocycles. The van der Waals surface area contributed by atoms with Crippen LogP contribution in [0.1, 0.15) is 41.5 Å². The van der Waals surface area contributed by atoms with Crippen LogP contribution in [0.25, 0.3) is 0 Å². The van der Waals surface area contributed by atoms with Gasteiger partial charge in [-0.3, -0.25) is 4.90 Å². The normalized spacial score (nSPS) is 25.2. The third kappa shape index (κ3) is 2.06. The summed E-state index contributed by atoms with van der Waals surface area (Å²) in [5, 5.41) is 0. The Bertz CT molecular complexity index is 590. The second-order valence-corrected chi connectivity index (χ2v) is 6.17. The standard InChI is InChI=1S/C19H21N/c1-2-7-15(8-3-1)13-16-14-20-12-6-11-19(20)18-10-5-4-9-17(16)18/h1-5,7-10,16,19H,6,11-14H2/t16-,19-/m0/s1. The fourth-order valence-electron chi connectivity index (χ4n) is 4.04. The van der Waals surface area contributed by atoms with Crippen LogP contribution in [0.15, 0.2) is 54.6 Å². The minimum Gasteiger partial charge on any atom is -0.296 e. The molecule has 4 rings (SSSR count). The Balaban J connectivity index is 1.68. The predicted octanol–water partition coefficient (Wildman–Crippen LogP) is 4.16. The van der Waals surface area contributed by atoms with Crippen LogP contribution in [0.3, 0.4) is 0 Å². The zero-order chi connectivity index (χ0) is 13.4. The van der Waals surface area contributed by atoms with Gasteiger partial charge < -0.3 is 0 Å². The first-order chi connectivity index (χ1) is 9.92. The fourth-order valence-corrected chi connectivity index (χ4v) is 4.04. The van der Waals surface area contributed by atoms with E-state index in [-0.39, 0.29) is 0 Å². The molecule has 0 spiro atoms. The second kappa shape index (κ2) is 5.06. The molecule has 1 heteroatoms. The molecule has 2 aliphatic heterocycles. The molecule has 2 atom stereocenters. The molecule has 20 heavy (non-hydrogen) atoms. The molecule has 2 aromatic carbocycles. The molecule has 2 aromatic rings. The van der Waals surface area contributed by atoms with Crippen LogP contribution in [0.5, 0.6) is 0 Å². The first-order valence-electron chi connectivity index (χ1n) is 7.78. The largest absolute Gasteiger partial charge is 0.296 e. The van der Waals surface area contributed by atoms with Gasteiger partial charge in [0.05, 0.1) is 0 Å². The Labute approximate surface area is 121 Å². The van der Waals surface area contributed by atoms with Crippen LogP contribution >= 0.6 is 0 Å². The molecule has 1 saturated heterocycles. The average Bonchev–Trinajstić information content (AvgIpc) is 2.97. The van der Waals surface area contributed by atoms with Gasteiger partial charge in [0.25, 0.3) is 0 Å². The summed E-state index contributed by atoms with van der Waals surface area (Å²) < 4.78 is 0. The van der Waals surface area contributed by atoms with Crippen LogP contribution in [0.4, 0.5) is 0 Å². The Hall–Kier alpha value is -1.60. The first-order valence-corrected chi connectivity index (χ1v) is 7.78. The average molecular weight is 263 g/mol. The smallest absolute Gasteiger partial charge is 0.0351 e. The minimum atomic E-state index is 0.656. The lowest BCUT2D eigenvalue weighted by Gasteiger charge is -2.37. The van der Waals surface area contributed by atoms with Crippen molar-refractivity contribution in [1.82, 2.24) is 4.90 Å². The number of hydrogen-bond acceptors (Lipinski definition) is 1. The predicted molar refractivity (Wildman–Crippen MR) is 82.9 cm³/mol. The summed E-state index contributed by atoms with van der Waals surface area (Å²) in [5.74, 6) is 0.656. The van der Waals surface area contributed by atoms with Crippen LogP contribution in [0, 0.1) is 0 Å². The van der Waals surface area contributed by atoms with Gasteiger partial charge in [0.15, 0.2) is 0 Å². The molecule has 0 bridgehead atoms. The van der Waals surface area contributed by atoms with Crippen molar-refractivity contribution in [3.05, 3.63) is 71.3 Å². The van der Waals surface area contributed by atoms with Crippen LogP contribution in [-0.4, -0.2) is 18.0 Å². The van der Waals surface area contributed by atoms with Gasteiger partial charge in [0.1, 0.15) is 0 Å². The van der Waals surface area contributed by atoms with Gasteiger partial charge in [-0.1, -0.05) is 54.6 Å². The quantitative estimate of drug-likeness (QED) is 0.786. The van der Waals surface area contributed by atoms with Crippen molar-refractivity contribution in [3.8, 4) is 0 Å². The highest BCUT2D eigenvalue weighted by atomic mass is 15.2. The maximum atomic E-state index is 2.70. The van der Waals surface area contributed by atoms with Crippen LogP contribution in [-0.2, 0) is 6.42 Å². The molecule has 2 heterocycles. The Morgan fingerprint density at radius 3 is 2.50 bits per heavy atom. The molecule has 1 nitrogen and oxygen atoms in total. The van der Waals surface area contributed by atoms with Crippen LogP contribution < -0.4 is 0 Å². The molecule has 102 valence electrons. The van der Waals surface area contributed by atoms with E-state index in [0.29, 0.717) is 12.0 Å². The number of rotatable bonds is 2. The Kier molecular flexibility index (Phi) is 3.08. The highest BCUT2D eigenvalue weighted by molar-refractivity contribution is 5.37. The number of hydrogen-bond donors (Lipinski definition) is 0. The number of nitrogens with zero attached hydrogens (tertiary/aromatic N) is 1. The summed E-state index contributed by atoms with van der Waals surface area (Å²) in [7, 11) is 0. The summed E-state index contributed by atoms with van der Waals surface area (Å²) in [6.07, 6.45) is 3.87. The van der Waals surface area contributed by atoms with Gasteiger partial charge in [-0.25, -0.2) is 0 Å². The zero-order valence-electron chi connectivity index (χ0n) is 11.8. The van der Waals surface area contributed by atoms with Gasteiger partial charge in [-0.05, 0) is 42.5 Å². The maximum Gasteiger partial charge on any atom is 0.0351 e. The molecular weight excluding hydrogens is 242 g/mol. The first kappa shape index (κ1) is 12.2. The third-order valence-electron chi connectivity index (χ3n) is 4.94. The molecule has 0 saturated carbocycles. The summed E-state index contributed by atoms with van der Waals surface area (Å²) in [5.41, 5.74) is 4.65. The molecule has 0 N–H and O–H groups in total. The van der Waals surface area contributed by atoms with E-state index >= 15 is 0 Å². The van der Waals surface area contributed by atoms with Gasteiger partial charge in [0, 0.05) is 18.5 Å². The van der Waals surface area contributed by atoms with E-state index in [1.54, 1.807) is 11.1 Å². The van der Waals surface area contributed by atoms with E-state index in [0.717, 1.165) is 0 Å². The summed E-state index contributed by atoms with van der Waals surface area (Å²) in [6.45, 7) is 2.51. The summed E-state index contributed by atoms with van der Waals surface area (Å²) in [4.78, 5) is 2.70. The van der Waals surface area contributed by atoms with E-state index in [1.165, 1.54) is 37.9 Å². The minimum absolute atomic E-state index is 0.656. The zero-order valence-corrected chi connectivity index (χ0v) is 11.8. The van der Waals surface area contributed by atoms with Crippen molar-refractivity contribution in [2.24, 2.45) is 0 Å². The van der Waals surface area contributed by atoms with Gasteiger partial charge in [-0.2, -0.15) is 0 Å². The maximum absolute atomic E-state index is 2.70. The van der Waals surface area contributed by atoms with Gasteiger partial charge in [0.2, 0.25) is 0 Å². The van der Waals surface area contributed by atoms with Crippen molar-refractivity contribution in [3.63, 3.8) is 0 Å². The van der Waals surface area contributed by atoms with Gasteiger partial charge in [-0.15, -0.1) is 0 Å². The lowest BCUT2D eigenvalue weighted by Crippen LogP contribution is -2.34. The molecule has 0 amide bonds. The lowest BCUT2D eigenvalue weighted by molar-refractivity contribution is 0.219. The SMILES string of the molecule is c1ccc(C[C@H]2CN3CCC[C@H]3c3ccccc32)cc1. The number of fused-ring (bicyclic) bond motifs is 3. The van der Waals surface area contributed by atoms with E-state index in [1.807, 2.05) is 0 Å². The third-order valence-corrected chi connectivity index (χ3v) is 4.94. The van der Waals surface area contributed by atoms with Crippen molar-refractivity contribution >= 4 is 0 Å². The van der Waals surface area contributed by atoms with Gasteiger partial charge >= 0.3 is 0 Å². The molecule has 0 radical (unpaired) electrons. The molecule has 2 aliphatic rings. The monoisotopic (exact) mass is 263 g/mol. The molecule has 0 unspecified atom stereocenters. The summed E-state index contributed by atoms with van der Waals surface area (Å²) in [6, 6.07) is 20.8. The topological polar surface area (TPSA) is 3.24 Å². The number of benzene rings is 2. The van der Waals surface area contributed by atoms with E-state index in [2.05, 4.69) is 59.5 Å². The van der Waals surface area contributed by atoms with E-state index in [9.17, 15) is 0 Å². The fraction of sp³-hybridized carbons (Fsp3) is 0.368. The Morgan fingerprint density at radius 2 is 1.65 bits per heavy atom. The van der Waals surface area contributed by atoms with E-state index < -0.39 is 0 Å². The summed E-state index contributed by atoms with van der Waals surface area (Å²) >= 11 is 0. The second-order valence-electron chi connectivity index (χ2n) is 6.17. The van der Waals surface area contributed by atoms with Crippen molar-refractivity contribution in [1.29, 1.82) is 0 Å². The highest BCUT2D eigenvalue weighted by Crippen LogP contribution is 2.42. The molecule has 0 aliphatic carbocycles. The Morgan fingerprint density at radius 1 is 0.900 bits per heavy atom. The molecular formula is C19H21N. The van der Waals surface area contributed by atoms with Crippen molar-refractivity contribution in [2.75, 3.05) is 13.1 Å². The van der Waals surface area contributed by atoms with Crippen LogP contribution in [0.2, 0.25) is 0 Å².